The molecule has 1 aromatic carbocycles. The average molecular weight is 278 g/mol. The van der Waals surface area contributed by atoms with Gasteiger partial charge in [0, 0.05) is 18.6 Å². The van der Waals surface area contributed by atoms with Crippen molar-refractivity contribution in [2.24, 2.45) is 0 Å². The number of carbonyl (C=O) groups is 2. The van der Waals surface area contributed by atoms with Crippen molar-refractivity contribution in [2.45, 2.75) is 6.42 Å². The van der Waals surface area contributed by atoms with Crippen molar-refractivity contribution < 1.29 is 23.5 Å². The van der Waals surface area contributed by atoms with Gasteiger partial charge in [0.05, 0.1) is 13.2 Å². The quantitative estimate of drug-likeness (QED) is 0.437. The highest BCUT2D eigenvalue weighted by Crippen LogP contribution is 2.04. The molecule has 0 aliphatic rings. The molecule has 0 aliphatic carbocycles. The Balaban J connectivity index is 2.21. The summed E-state index contributed by atoms with van der Waals surface area (Å²) in [7, 11) is 0. The summed E-state index contributed by atoms with van der Waals surface area (Å²) in [5, 5.41) is 0. The Bertz CT molecular complexity index is 491. The second-order valence-electron chi connectivity index (χ2n) is 3.78. The van der Waals surface area contributed by atoms with E-state index in [4.69, 9.17) is 9.47 Å². The highest BCUT2D eigenvalue weighted by Gasteiger charge is 1.99. The molecule has 0 radical (unpaired) electrons. The molecule has 0 saturated heterocycles. The standard InChI is InChI=1S/C15H15FO4/c1-2-14(17)19-10-3-11-20-15(18)9-6-12-4-7-13(16)8-5-12/h2,4-9H,1,3,10-11H2/b9-6+. The largest absolute Gasteiger partial charge is 0.462 e. The molecule has 0 unspecified atom stereocenters. The normalized spacial score (nSPS) is 10.2. The summed E-state index contributed by atoms with van der Waals surface area (Å²) in [6.45, 7) is 3.57. The van der Waals surface area contributed by atoms with Gasteiger partial charge >= 0.3 is 11.9 Å². The van der Waals surface area contributed by atoms with Crippen LogP contribution in [0, 0.1) is 5.82 Å². The Morgan fingerprint density at radius 2 is 1.70 bits per heavy atom. The zero-order valence-corrected chi connectivity index (χ0v) is 10.9. The van der Waals surface area contributed by atoms with E-state index in [-0.39, 0.29) is 19.0 Å². The van der Waals surface area contributed by atoms with Gasteiger partial charge in [0.2, 0.25) is 0 Å². The van der Waals surface area contributed by atoms with E-state index >= 15 is 0 Å². The van der Waals surface area contributed by atoms with E-state index in [1.165, 1.54) is 24.3 Å². The first-order valence-electron chi connectivity index (χ1n) is 6.01. The summed E-state index contributed by atoms with van der Waals surface area (Å²) in [6, 6.07) is 5.71. The van der Waals surface area contributed by atoms with Gasteiger partial charge in [0.25, 0.3) is 0 Å². The molecule has 0 spiro atoms. The number of halogens is 1. The van der Waals surface area contributed by atoms with E-state index in [9.17, 15) is 14.0 Å². The van der Waals surface area contributed by atoms with Gasteiger partial charge in [-0.3, -0.25) is 0 Å². The van der Waals surface area contributed by atoms with Crippen molar-refractivity contribution in [3.63, 3.8) is 0 Å². The minimum atomic E-state index is -0.510. The van der Waals surface area contributed by atoms with Gasteiger partial charge in [0.1, 0.15) is 5.82 Å². The van der Waals surface area contributed by atoms with E-state index < -0.39 is 11.9 Å². The van der Waals surface area contributed by atoms with Crippen LogP contribution < -0.4 is 0 Å². The van der Waals surface area contributed by atoms with Crippen molar-refractivity contribution in [1.29, 1.82) is 0 Å². The van der Waals surface area contributed by atoms with Crippen LogP contribution in [0.25, 0.3) is 6.08 Å². The van der Waals surface area contributed by atoms with Crippen LogP contribution in [0.4, 0.5) is 4.39 Å². The molecule has 0 amide bonds. The molecular weight excluding hydrogens is 263 g/mol. The van der Waals surface area contributed by atoms with Crippen molar-refractivity contribution >= 4 is 18.0 Å². The fourth-order valence-corrected chi connectivity index (χ4v) is 1.25. The molecule has 0 aromatic heterocycles. The molecule has 0 bridgehead atoms. The lowest BCUT2D eigenvalue weighted by atomic mass is 10.2. The van der Waals surface area contributed by atoms with E-state index in [2.05, 4.69) is 6.58 Å². The van der Waals surface area contributed by atoms with Gasteiger partial charge in [-0.15, -0.1) is 0 Å². The number of hydrogen-bond donors (Lipinski definition) is 0. The third-order valence-electron chi connectivity index (χ3n) is 2.23. The van der Waals surface area contributed by atoms with Crippen LogP contribution in [0.1, 0.15) is 12.0 Å². The molecule has 0 fully saturated rings. The van der Waals surface area contributed by atoms with Crippen LogP contribution in [0.3, 0.4) is 0 Å². The summed E-state index contributed by atoms with van der Waals surface area (Å²) in [5.74, 6) is -1.35. The lowest BCUT2D eigenvalue weighted by Crippen LogP contribution is -2.07. The van der Waals surface area contributed by atoms with Gasteiger partial charge in [0.15, 0.2) is 0 Å². The lowest BCUT2D eigenvalue weighted by molar-refractivity contribution is -0.140. The summed E-state index contributed by atoms with van der Waals surface area (Å²) < 4.78 is 22.2. The van der Waals surface area contributed by atoms with E-state index in [1.54, 1.807) is 12.1 Å². The van der Waals surface area contributed by atoms with Crippen LogP contribution in [0.2, 0.25) is 0 Å². The van der Waals surface area contributed by atoms with Crippen LogP contribution in [0.5, 0.6) is 0 Å². The number of rotatable bonds is 7. The van der Waals surface area contributed by atoms with E-state index in [0.29, 0.717) is 12.0 Å². The van der Waals surface area contributed by atoms with Gasteiger partial charge < -0.3 is 9.47 Å². The second-order valence-corrected chi connectivity index (χ2v) is 3.78. The Labute approximate surface area is 116 Å². The molecule has 1 aromatic rings. The van der Waals surface area contributed by atoms with Crippen molar-refractivity contribution in [3.05, 3.63) is 54.4 Å². The van der Waals surface area contributed by atoms with E-state index in [0.717, 1.165) is 6.08 Å². The Morgan fingerprint density at radius 1 is 1.10 bits per heavy atom. The lowest BCUT2D eigenvalue weighted by Gasteiger charge is -2.02. The smallest absolute Gasteiger partial charge is 0.330 e. The molecule has 1 rings (SSSR count). The Morgan fingerprint density at radius 3 is 2.30 bits per heavy atom. The number of carbonyl (C=O) groups excluding carboxylic acids is 2. The molecule has 0 saturated carbocycles. The third kappa shape index (κ3) is 6.49. The summed E-state index contributed by atoms with van der Waals surface area (Å²) in [6.07, 6.45) is 4.26. The Hall–Kier alpha value is -2.43. The van der Waals surface area contributed by atoms with Gasteiger partial charge in [-0.1, -0.05) is 18.7 Å². The molecule has 0 heterocycles. The highest BCUT2D eigenvalue weighted by molar-refractivity contribution is 5.87. The molecular formula is C15H15FO4. The van der Waals surface area contributed by atoms with Crippen molar-refractivity contribution in [2.75, 3.05) is 13.2 Å². The fourth-order valence-electron chi connectivity index (χ4n) is 1.25. The van der Waals surface area contributed by atoms with Crippen molar-refractivity contribution in [1.82, 2.24) is 0 Å². The third-order valence-corrected chi connectivity index (χ3v) is 2.23. The Kier molecular flexibility index (Phi) is 6.75. The van der Waals surface area contributed by atoms with E-state index in [1.807, 2.05) is 0 Å². The minimum absolute atomic E-state index is 0.150. The van der Waals surface area contributed by atoms with Gasteiger partial charge in [-0.25, -0.2) is 14.0 Å². The summed E-state index contributed by atoms with van der Waals surface area (Å²) in [4.78, 5) is 22.0. The molecule has 0 aliphatic heterocycles. The zero-order valence-electron chi connectivity index (χ0n) is 10.9. The van der Waals surface area contributed by atoms with Crippen LogP contribution in [-0.4, -0.2) is 25.2 Å². The monoisotopic (exact) mass is 278 g/mol. The summed E-state index contributed by atoms with van der Waals surface area (Å²) >= 11 is 0. The zero-order chi connectivity index (χ0) is 14.8. The van der Waals surface area contributed by atoms with Crippen molar-refractivity contribution in [3.8, 4) is 0 Å². The molecule has 20 heavy (non-hydrogen) atoms. The molecule has 4 nitrogen and oxygen atoms in total. The first-order valence-corrected chi connectivity index (χ1v) is 6.01. The predicted molar refractivity (Wildman–Crippen MR) is 72.2 cm³/mol. The van der Waals surface area contributed by atoms with Gasteiger partial charge in [-0.2, -0.15) is 0 Å². The summed E-state index contributed by atoms with van der Waals surface area (Å²) in [5.41, 5.74) is 0.697. The molecule has 0 N–H and O–H groups in total. The highest BCUT2D eigenvalue weighted by atomic mass is 19.1. The average Bonchev–Trinajstić information content (AvgIpc) is 2.46. The SMILES string of the molecule is C=CC(=O)OCCCOC(=O)/C=C/c1ccc(F)cc1. The first-order chi connectivity index (χ1) is 9.61. The molecule has 5 heteroatoms. The number of benzene rings is 1. The van der Waals surface area contributed by atoms with Crippen LogP contribution >= 0.6 is 0 Å². The second kappa shape index (κ2) is 8.63. The maximum Gasteiger partial charge on any atom is 0.330 e. The predicted octanol–water partition coefficient (Wildman–Crippen LogP) is 2.50. The number of hydrogen-bond acceptors (Lipinski definition) is 4. The van der Waals surface area contributed by atoms with Crippen LogP contribution in [0.15, 0.2) is 43.0 Å². The fraction of sp³-hybridized carbons (Fsp3) is 0.200. The maximum atomic E-state index is 12.6. The molecule has 106 valence electrons. The maximum absolute atomic E-state index is 12.6. The van der Waals surface area contributed by atoms with Gasteiger partial charge in [-0.05, 0) is 23.8 Å². The number of ether oxygens (including phenoxy) is 2. The first kappa shape index (κ1) is 15.6. The van der Waals surface area contributed by atoms with Crippen LogP contribution in [-0.2, 0) is 19.1 Å². The molecule has 0 atom stereocenters. The number of esters is 2. The minimum Gasteiger partial charge on any atom is -0.462 e. The topological polar surface area (TPSA) is 52.6 Å².